The van der Waals surface area contributed by atoms with Crippen LogP contribution < -0.4 is 4.90 Å². The van der Waals surface area contributed by atoms with E-state index in [0.717, 1.165) is 0 Å². The van der Waals surface area contributed by atoms with Crippen molar-refractivity contribution in [2.24, 2.45) is 0 Å². The van der Waals surface area contributed by atoms with E-state index in [2.05, 4.69) is 0 Å². The van der Waals surface area contributed by atoms with E-state index in [1.165, 1.54) is 47.2 Å². The van der Waals surface area contributed by atoms with E-state index < -0.39 is 0 Å². The highest BCUT2D eigenvalue weighted by Crippen LogP contribution is 2.35. The van der Waals surface area contributed by atoms with Crippen molar-refractivity contribution in [2.75, 3.05) is 4.90 Å². The van der Waals surface area contributed by atoms with E-state index in [0.29, 0.717) is 20.7 Å². The summed E-state index contributed by atoms with van der Waals surface area (Å²) in [6.07, 6.45) is 3.18. The van der Waals surface area contributed by atoms with E-state index in [9.17, 15) is 9.18 Å². The molecule has 1 saturated heterocycles. The number of thioether (sulfide) groups is 1. The quantitative estimate of drug-likeness (QED) is 0.624. The summed E-state index contributed by atoms with van der Waals surface area (Å²) in [4.78, 5) is 14.2. The number of rotatable bonds is 2. The SMILES string of the molecule is O=C1/C(=C/c2ccco2)SC(=S)N1c1ccc(F)cc1. The molecule has 2 heterocycles. The molecule has 1 fully saturated rings. The maximum Gasteiger partial charge on any atom is 0.270 e. The van der Waals surface area contributed by atoms with Gasteiger partial charge < -0.3 is 4.42 Å². The van der Waals surface area contributed by atoms with Gasteiger partial charge in [-0.2, -0.15) is 0 Å². The monoisotopic (exact) mass is 305 g/mol. The molecule has 0 atom stereocenters. The fourth-order valence-electron chi connectivity index (χ4n) is 1.78. The molecule has 1 amide bonds. The number of carbonyl (C=O) groups excluding carboxylic acids is 1. The first kappa shape index (κ1) is 13.1. The predicted octanol–water partition coefficient (Wildman–Crippen LogP) is 3.82. The van der Waals surface area contributed by atoms with Crippen LogP contribution in [-0.4, -0.2) is 10.2 Å². The van der Waals surface area contributed by atoms with Gasteiger partial charge in [-0.25, -0.2) is 4.39 Å². The maximum absolute atomic E-state index is 12.9. The number of benzene rings is 1. The van der Waals surface area contributed by atoms with E-state index in [4.69, 9.17) is 16.6 Å². The second-order valence-corrected chi connectivity index (χ2v) is 5.68. The van der Waals surface area contributed by atoms with Gasteiger partial charge >= 0.3 is 0 Å². The Morgan fingerprint density at radius 1 is 1.25 bits per heavy atom. The minimum absolute atomic E-state index is 0.233. The number of hydrogen-bond acceptors (Lipinski definition) is 4. The van der Waals surface area contributed by atoms with E-state index in [1.807, 2.05) is 0 Å². The number of furan rings is 1. The first-order chi connectivity index (χ1) is 9.65. The third-order valence-corrected chi connectivity index (χ3v) is 4.00. The van der Waals surface area contributed by atoms with Gasteiger partial charge in [0.15, 0.2) is 4.32 Å². The molecule has 0 unspecified atom stereocenters. The molecule has 1 aliphatic rings. The molecule has 1 aliphatic heterocycles. The molecule has 2 aromatic rings. The number of amides is 1. The van der Waals surface area contributed by atoms with Gasteiger partial charge in [0.05, 0.1) is 16.9 Å². The Morgan fingerprint density at radius 3 is 2.65 bits per heavy atom. The fraction of sp³-hybridized carbons (Fsp3) is 0. The Balaban J connectivity index is 1.93. The predicted molar refractivity (Wildman–Crippen MR) is 80.8 cm³/mol. The van der Waals surface area contributed by atoms with E-state index in [1.54, 1.807) is 18.2 Å². The number of hydrogen-bond donors (Lipinski definition) is 0. The van der Waals surface area contributed by atoms with Gasteiger partial charge in [0.1, 0.15) is 11.6 Å². The largest absolute Gasteiger partial charge is 0.465 e. The molecule has 3 nitrogen and oxygen atoms in total. The molecule has 6 heteroatoms. The summed E-state index contributed by atoms with van der Waals surface area (Å²) < 4.78 is 18.5. The van der Waals surface area contributed by atoms with Gasteiger partial charge in [-0.05, 0) is 36.4 Å². The van der Waals surface area contributed by atoms with Gasteiger partial charge in [0, 0.05) is 6.08 Å². The smallest absolute Gasteiger partial charge is 0.270 e. The lowest BCUT2D eigenvalue weighted by molar-refractivity contribution is -0.113. The second-order valence-electron chi connectivity index (χ2n) is 4.01. The molecule has 1 aromatic carbocycles. The van der Waals surface area contributed by atoms with Crippen LogP contribution in [0.4, 0.5) is 10.1 Å². The van der Waals surface area contributed by atoms with Gasteiger partial charge in [0.25, 0.3) is 5.91 Å². The van der Waals surface area contributed by atoms with Crippen LogP contribution in [0.25, 0.3) is 6.08 Å². The molecule has 0 aliphatic carbocycles. The molecule has 3 rings (SSSR count). The summed E-state index contributed by atoms with van der Waals surface area (Å²) >= 11 is 6.40. The van der Waals surface area contributed by atoms with Crippen molar-refractivity contribution in [3.63, 3.8) is 0 Å². The highest BCUT2D eigenvalue weighted by molar-refractivity contribution is 8.27. The number of carbonyl (C=O) groups is 1. The van der Waals surface area contributed by atoms with Crippen LogP contribution in [0.3, 0.4) is 0 Å². The lowest BCUT2D eigenvalue weighted by Gasteiger charge is -2.13. The Morgan fingerprint density at radius 2 is 2.00 bits per heavy atom. The van der Waals surface area contributed by atoms with Crippen molar-refractivity contribution in [3.05, 3.63) is 59.1 Å². The zero-order valence-corrected chi connectivity index (χ0v) is 11.7. The van der Waals surface area contributed by atoms with E-state index in [-0.39, 0.29) is 11.7 Å². The standard InChI is InChI=1S/C14H8FNO2S2/c15-9-3-5-10(6-4-9)16-13(17)12(20-14(16)19)8-11-2-1-7-18-11/h1-8H/b12-8-. The number of halogens is 1. The summed E-state index contributed by atoms with van der Waals surface area (Å²) in [6.45, 7) is 0. The molecular weight excluding hydrogens is 297 g/mol. The third kappa shape index (κ3) is 2.39. The molecule has 100 valence electrons. The third-order valence-electron chi connectivity index (χ3n) is 2.70. The molecule has 0 saturated carbocycles. The zero-order chi connectivity index (χ0) is 14.1. The molecule has 0 spiro atoms. The average Bonchev–Trinajstić information content (AvgIpc) is 3.02. The average molecular weight is 305 g/mol. The molecule has 20 heavy (non-hydrogen) atoms. The van der Waals surface area contributed by atoms with Crippen molar-refractivity contribution in [3.8, 4) is 0 Å². The van der Waals surface area contributed by atoms with Crippen LogP contribution >= 0.6 is 24.0 Å². The fourth-order valence-corrected chi connectivity index (χ4v) is 3.06. The Labute approximate surface area is 124 Å². The molecule has 0 radical (unpaired) electrons. The van der Waals surface area contributed by atoms with Crippen LogP contribution in [0.2, 0.25) is 0 Å². The number of thiocarbonyl (C=S) groups is 1. The summed E-state index contributed by atoms with van der Waals surface area (Å²) in [6, 6.07) is 9.14. The van der Waals surface area contributed by atoms with Crippen LogP contribution in [-0.2, 0) is 4.79 Å². The Kier molecular flexibility index (Phi) is 3.42. The normalized spacial score (nSPS) is 17.2. The summed E-state index contributed by atoms with van der Waals surface area (Å²) in [5, 5.41) is 0. The minimum atomic E-state index is -0.356. The van der Waals surface area contributed by atoms with Gasteiger partial charge in [-0.3, -0.25) is 9.69 Å². The highest BCUT2D eigenvalue weighted by Gasteiger charge is 2.33. The van der Waals surface area contributed by atoms with Crippen molar-refractivity contribution < 1.29 is 13.6 Å². The van der Waals surface area contributed by atoms with Crippen molar-refractivity contribution in [1.29, 1.82) is 0 Å². The van der Waals surface area contributed by atoms with E-state index >= 15 is 0 Å². The lowest BCUT2D eigenvalue weighted by atomic mass is 10.3. The Hall–Kier alpha value is -1.92. The summed E-state index contributed by atoms with van der Waals surface area (Å²) in [5.41, 5.74) is 0.553. The van der Waals surface area contributed by atoms with Crippen LogP contribution in [0.15, 0.2) is 52.0 Å². The van der Waals surface area contributed by atoms with Gasteiger partial charge in [-0.1, -0.05) is 24.0 Å². The summed E-state index contributed by atoms with van der Waals surface area (Å²) in [5.74, 6) is -0.00191. The van der Waals surface area contributed by atoms with Crippen LogP contribution in [0.5, 0.6) is 0 Å². The number of anilines is 1. The Bertz CT molecular complexity index is 692. The number of nitrogens with zero attached hydrogens (tertiary/aromatic N) is 1. The molecule has 0 bridgehead atoms. The van der Waals surface area contributed by atoms with Crippen LogP contribution in [0.1, 0.15) is 5.76 Å². The van der Waals surface area contributed by atoms with Crippen LogP contribution in [0, 0.1) is 5.82 Å². The lowest BCUT2D eigenvalue weighted by Crippen LogP contribution is -2.27. The first-order valence-corrected chi connectivity index (χ1v) is 6.94. The van der Waals surface area contributed by atoms with Gasteiger partial charge in [0.2, 0.25) is 0 Å². The minimum Gasteiger partial charge on any atom is -0.465 e. The highest BCUT2D eigenvalue weighted by atomic mass is 32.2. The van der Waals surface area contributed by atoms with Crippen molar-refractivity contribution >= 4 is 46.0 Å². The second kappa shape index (κ2) is 5.22. The zero-order valence-electron chi connectivity index (χ0n) is 10.1. The molecular formula is C14H8FNO2S2. The van der Waals surface area contributed by atoms with Crippen molar-refractivity contribution in [1.82, 2.24) is 0 Å². The summed E-state index contributed by atoms with van der Waals surface area (Å²) in [7, 11) is 0. The first-order valence-electron chi connectivity index (χ1n) is 5.72. The van der Waals surface area contributed by atoms with Gasteiger partial charge in [-0.15, -0.1) is 0 Å². The molecule has 1 aromatic heterocycles. The molecule has 0 N–H and O–H groups in total. The topological polar surface area (TPSA) is 33.5 Å². The maximum atomic E-state index is 12.9. The van der Waals surface area contributed by atoms with Crippen molar-refractivity contribution in [2.45, 2.75) is 0 Å².